The number of rotatable bonds is 7. The zero-order valence-electron chi connectivity index (χ0n) is 20.9. The molecule has 1 saturated heterocycles. The molecule has 0 saturated carbocycles. The average molecular weight is 482 g/mol. The van der Waals surface area contributed by atoms with Crippen molar-refractivity contribution in [3.8, 4) is 0 Å². The molecule has 1 aromatic carbocycles. The van der Waals surface area contributed by atoms with E-state index in [9.17, 15) is 9.59 Å². The molecule has 0 spiro atoms. The van der Waals surface area contributed by atoms with Crippen molar-refractivity contribution in [2.45, 2.75) is 84.7 Å². The highest BCUT2D eigenvalue weighted by Gasteiger charge is 2.34. The number of anilines is 1. The number of benzene rings is 1. The molecule has 0 aliphatic carbocycles. The SMILES string of the molecule is CCCCC[C@H]1CCCN1C(=O)c1nn(C(C)(C)C)c2nc(NC(=O)c3ccc(C)cc3)sc12. The van der Waals surface area contributed by atoms with Crippen molar-refractivity contribution in [1.82, 2.24) is 19.7 Å². The summed E-state index contributed by atoms with van der Waals surface area (Å²) in [4.78, 5) is 33.1. The molecule has 8 heteroatoms. The summed E-state index contributed by atoms with van der Waals surface area (Å²) in [5, 5.41) is 8.14. The molecule has 1 aliphatic heterocycles. The molecule has 4 rings (SSSR count). The number of carbonyl (C=O) groups excluding carboxylic acids is 2. The summed E-state index contributed by atoms with van der Waals surface area (Å²) in [6.45, 7) is 11.1. The fourth-order valence-corrected chi connectivity index (χ4v) is 5.42. The monoisotopic (exact) mass is 481 g/mol. The van der Waals surface area contributed by atoms with Gasteiger partial charge in [-0.3, -0.25) is 14.9 Å². The lowest BCUT2D eigenvalue weighted by atomic mass is 10.1. The minimum absolute atomic E-state index is 0.0212. The predicted molar refractivity (Wildman–Crippen MR) is 138 cm³/mol. The van der Waals surface area contributed by atoms with Crippen molar-refractivity contribution in [3.63, 3.8) is 0 Å². The number of hydrogen-bond acceptors (Lipinski definition) is 5. The van der Waals surface area contributed by atoms with Gasteiger partial charge in [-0.15, -0.1) is 0 Å². The Morgan fingerprint density at radius 3 is 2.59 bits per heavy atom. The van der Waals surface area contributed by atoms with Gasteiger partial charge in [-0.25, -0.2) is 4.68 Å². The normalized spacial score (nSPS) is 16.4. The largest absolute Gasteiger partial charge is 0.334 e. The van der Waals surface area contributed by atoms with E-state index in [0.717, 1.165) is 42.5 Å². The van der Waals surface area contributed by atoms with Crippen LogP contribution in [-0.4, -0.2) is 44.1 Å². The van der Waals surface area contributed by atoms with Crippen LogP contribution >= 0.6 is 11.3 Å². The van der Waals surface area contributed by atoms with Gasteiger partial charge in [0.05, 0.1) is 5.54 Å². The number of amides is 2. The number of fused-ring (bicyclic) bond motifs is 1. The second-order valence-electron chi connectivity index (χ2n) is 10.2. The van der Waals surface area contributed by atoms with Crippen LogP contribution in [-0.2, 0) is 5.54 Å². The molecule has 0 radical (unpaired) electrons. The van der Waals surface area contributed by atoms with Gasteiger partial charge in [0.1, 0.15) is 4.70 Å². The van der Waals surface area contributed by atoms with Gasteiger partial charge in [-0.2, -0.15) is 10.1 Å². The molecular weight excluding hydrogens is 446 g/mol. The molecule has 0 bridgehead atoms. The van der Waals surface area contributed by atoms with Gasteiger partial charge in [0.25, 0.3) is 11.8 Å². The van der Waals surface area contributed by atoms with Crippen LogP contribution in [0, 0.1) is 6.92 Å². The Balaban J connectivity index is 1.64. The van der Waals surface area contributed by atoms with Crippen LogP contribution in [0.25, 0.3) is 10.3 Å². The van der Waals surface area contributed by atoms with Gasteiger partial charge in [0.2, 0.25) is 0 Å². The Kier molecular flexibility index (Phi) is 7.07. The summed E-state index contributed by atoms with van der Waals surface area (Å²) in [5.41, 5.74) is 2.40. The van der Waals surface area contributed by atoms with E-state index in [4.69, 9.17) is 5.10 Å². The van der Waals surface area contributed by atoms with Crippen LogP contribution in [0.15, 0.2) is 24.3 Å². The van der Waals surface area contributed by atoms with E-state index >= 15 is 0 Å². The van der Waals surface area contributed by atoms with E-state index in [2.05, 4.69) is 17.2 Å². The van der Waals surface area contributed by atoms with E-state index in [1.165, 1.54) is 24.2 Å². The molecule has 3 aromatic rings. The first kappa shape index (κ1) is 24.4. The van der Waals surface area contributed by atoms with E-state index in [1.807, 2.05) is 49.4 Å². The molecule has 34 heavy (non-hydrogen) atoms. The second kappa shape index (κ2) is 9.86. The highest BCUT2D eigenvalue weighted by atomic mass is 32.1. The number of nitrogens with zero attached hydrogens (tertiary/aromatic N) is 4. The smallest absolute Gasteiger partial charge is 0.276 e. The highest BCUT2D eigenvalue weighted by Crippen LogP contribution is 2.34. The minimum Gasteiger partial charge on any atom is -0.334 e. The van der Waals surface area contributed by atoms with Crippen molar-refractivity contribution in [1.29, 1.82) is 0 Å². The first-order valence-electron chi connectivity index (χ1n) is 12.3. The lowest BCUT2D eigenvalue weighted by Crippen LogP contribution is -2.36. The maximum absolute atomic E-state index is 13.7. The van der Waals surface area contributed by atoms with Crippen LogP contribution in [0.2, 0.25) is 0 Å². The van der Waals surface area contributed by atoms with Gasteiger partial charge >= 0.3 is 0 Å². The maximum atomic E-state index is 13.7. The number of nitrogens with one attached hydrogen (secondary N) is 1. The molecule has 3 heterocycles. The van der Waals surface area contributed by atoms with Crippen molar-refractivity contribution in [2.75, 3.05) is 11.9 Å². The zero-order chi connectivity index (χ0) is 24.5. The standard InChI is InChI=1S/C26H35N5O2S/c1-6-7-8-10-19-11-9-16-30(19)24(33)20-21-22(31(29-20)26(3,4)5)27-25(34-21)28-23(32)18-14-12-17(2)13-15-18/h12-15,19H,6-11,16H2,1-5H3,(H,27,28,32)/t19-/m0/s1. The number of aromatic nitrogens is 3. The molecule has 0 unspecified atom stereocenters. The Labute approximate surface area is 205 Å². The lowest BCUT2D eigenvalue weighted by molar-refractivity contribution is 0.0722. The van der Waals surface area contributed by atoms with E-state index < -0.39 is 0 Å². The Hall–Kier alpha value is -2.74. The molecule has 2 aromatic heterocycles. The molecule has 1 fully saturated rings. The van der Waals surface area contributed by atoms with Crippen molar-refractivity contribution < 1.29 is 9.59 Å². The Bertz CT molecular complexity index is 1170. The minimum atomic E-state index is -0.353. The van der Waals surface area contributed by atoms with Gasteiger partial charge < -0.3 is 4.90 Å². The second-order valence-corrected chi connectivity index (χ2v) is 11.2. The fraction of sp³-hybridized carbons (Fsp3) is 0.538. The number of unbranched alkanes of at least 4 members (excludes halogenated alkanes) is 2. The van der Waals surface area contributed by atoms with Gasteiger partial charge in [-0.1, -0.05) is 55.2 Å². The van der Waals surface area contributed by atoms with Gasteiger partial charge in [0.15, 0.2) is 16.5 Å². The number of hydrogen-bond donors (Lipinski definition) is 1. The summed E-state index contributed by atoms with van der Waals surface area (Å²) in [5.74, 6) is -0.234. The van der Waals surface area contributed by atoms with Gasteiger partial charge in [-0.05, 0) is 59.1 Å². The number of carbonyl (C=O) groups is 2. The highest BCUT2D eigenvalue weighted by molar-refractivity contribution is 7.22. The number of likely N-dealkylation sites (tertiary alicyclic amines) is 1. The first-order valence-corrected chi connectivity index (χ1v) is 13.1. The van der Waals surface area contributed by atoms with Crippen molar-refractivity contribution >= 4 is 38.6 Å². The molecule has 1 N–H and O–H groups in total. The number of thiazole rings is 1. The predicted octanol–water partition coefficient (Wildman–Crippen LogP) is 5.99. The molecule has 7 nitrogen and oxygen atoms in total. The first-order chi connectivity index (χ1) is 16.2. The average Bonchev–Trinajstić information content (AvgIpc) is 3.48. The number of aryl methyl sites for hydroxylation is 1. The summed E-state index contributed by atoms with van der Waals surface area (Å²) < 4.78 is 2.55. The van der Waals surface area contributed by atoms with E-state index in [-0.39, 0.29) is 23.4 Å². The van der Waals surface area contributed by atoms with E-state index in [1.54, 1.807) is 12.1 Å². The maximum Gasteiger partial charge on any atom is 0.276 e. The van der Waals surface area contributed by atoms with Crippen molar-refractivity contribution in [2.24, 2.45) is 0 Å². The third kappa shape index (κ3) is 5.02. The third-order valence-corrected chi connectivity index (χ3v) is 7.34. The van der Waals surface area contributed by atoms with Gasteiger partial charge in [0, 0.05) is 18.2 Å². The molecule has 182 valence electrons. The van der Waals surface area contributed by atoms with Crippen LogP contribution in [0.5, 0.6) is 0 Å². The zero-order valence-corrected chi connectivity index (χ0v) is 21.7. The van der Waals surface area contributed by atoms with Crippen LogP contribution in [0.1, 0.15) is 92.6 Å². The summed E-state index contributed by atoms with van der Waals surface area (Å²) in [6.07, 6.45) is 6.65. The van der Waals surface area contributed by atoms with Crippen molar-refractivity contribution in [3.05, 3.63) is 41.1 Å². The fourth-order valence-electron chi connectivity index (χ4n) is 4.51. The van der Waals surface area contributed by atoms with Crippen LogP contribution < -0.4 is 5.32 Å². The summed E-state index contributed by atoms with van der Waals surface area (Å²) >= 11 is 1.32. The topological polar surface area (TPSA) is 80.1 Å². The quantitative estimate of drug-likeness (QED) is 0.420. The summed E-state index contributed by atoms with van der Waals surface area (Å²) in [6, 6.07) is 7.71. The lowest BCUT2D eigenvalue weighted by Gasteiger charge is -2.24. The molecular formula is C26H35N5O2S. The Morgan fingerprint density at radius 1 is 1.18 bits per heavy atom. The Morgan fingerprint density at radius 2 is 1.91 bits per heavy atom. The van der Waals surface area contributed by atoms with E-state index in [0.29, 0.717) is 22.0 Å². The van der Waals surface area contributed by atoms with Crippen LogP contribution in [0.4, 0.5) is 5.13 Å². The molecule has 1 atom stereocenters. The summed E-state index contributed by atoms with van der Waals surface area (Å²) in [7, 11) is 0. The third-order valence-electron chi connectivity index (χ3n) is 6.38. The van der Waals surface area contributed by atoms with Crippen LogP contribution in [0.3, 0.4) is 0 Å². The molecule has 2 amide bonds. The molecule has 1 aliphatic rings.